The first-order valence-corrected chi connectivity index (χ1v) is 8.77. The number of nitrogens with one attached hydrogen (secondary N) is 1. The molecule has 3 aromatic rings. The molecule has 1 amide bonds. The van der Waals surface area contributed by atoms with Crippen molar-refractivity contribution >= 4 is 22.8 Å². The van der Waals surface area contributed by atoms with Crippen molar-refractivity contribution < 1.29 is 32.3 Å². The molecule has 0 aliphatic carbocycles. The smallest absolute Gasteiger partial charge is 0.336 e. The van der Waals surface area contributed by atoms with E-state index in [1.165, 1.54) is 19.2 Å². The molecule has 0 fully saturated rings. The summed E-state index contributed by atoms with van der Waals surface area (Å²) < 4.78 is 42.0. The molecule has 0 aliphatic rings. The molecule has 9 heteroatoms. The highest BCUT2D eigenvalue weighted by molar-refractivity contribution is 5.97. The van der Waals surface area contributed by atoms with Crippen LogP contribution in [0.25, 0.3) is 11.0 Å². The van der Waals surface area contributed by atoms with E-state index in [1.54, 1.807) is 12.1 Å². The SMILES string of the molecule is COC(=O)[C@H](Cc1cc(=O)oc2cc(OC)ccc12)NC(=O)c1ccc(F)cc1F. The molecule has 7 nitrogen and oxygen atoms in total. The minimum Gasteiger partial charge on any atom is -0.497 e. The van der Waals surface area contributed by atoms with Gasteiger partial charge in [0.05, 0.1) is 19.8 Å². The van der Waals surface area contributed by atoms with E-state index in [0.29, 0.717) is 22.8 Å². The van der Waals surface area contributed by atoms with Gasteiger partial charge in [-0.15, -0.1) is 0 Å². The maximum Gasteiger partial charge on any atom is 0.336 e. The Bertz CT molecular complexity index is 1170. The van der Waals surface area contributed by atoms with Gasteiger partial charge in [0.25, 0.3) is 5.91 Å². The third-order valence-electron chi connectivity index (χ3n) is 4.43. The van der Waals surface area contributed by atoms with Crippen molar-refractivity contribution in [1.29, 1.82) is 0 Å². The van der Waals surface area contributed by atoms with Crippen LogP contribution in [0.1, 0.15) is 15.9 Å². The molecule has 0 saturated heterocycles. The first-order valence-electron chi connectivity index (χ1n) is 8.77. The van der Waals surface area contributed by atoms with Crippen LogP contribution in [0, 0.1) is 11.6 Å². The third-order valence-corrected chi connectivity index (χ3v) is 4.43. The highest BCUT2D eigenvalue weighted by Crippen LogP contribution is 2.23. The molecule has 3 rings (SSSR count). The number of esters is 1. The molecule has 0 radical (unpaired) electrons. The summed E-state index contributed by atoms with van der Waals surface area (Å²) >= 11 is 0. The summed E-state index contributed by atoms with van der Waals surface area (Å²) in [4.78, 5) is 36.6. The highest BCUT2D eigenvalue weighted by Gasteiger charge is 2.25. The zero-order valence-electron chi connectivity index (χ0n) is 16.0. The van der Waals surface area contributed by atoms with E-state index in [9.17, 15) is 23.2 Å². The average Bonchev–Trinajstić information content (AvgIpc) is 2.71. The Balaban J connectivity index is 1.95. The fourth-order valence-corrected chi connectivity index (χ4v) is 2.97. The molecule has 0 spiro atoms. The number of methoxy groups -OCH3 is 2. The second-order valence-corrected chi connectivity index (χ2v) is 6.33. The van der Waals surface area contributed by atoms with Crippen molar-refractivity contribution in [3.8, 4) is 5.75 Å². The van der Waals surface area contributed by atoms with Gasteiger partial charge in [-0.05, 0) is 29.8 Å². The Morgan fingerprint density at radius 1 is 1.10 bits per heavy atom. The van der Waals surface area contributed by atoms with E-state index in [0.717, 1.165) is 19.2 Å². The van der Waals surface area contributed by atoms with Crippen LogP contribution in [0.15, 0.2) is 51.7 Å². The van der Waals surface area contributed by atoms with Gasteiger partial charge in [-0.2, -0.15) is 0 Å². The number of halogens is 2. The predicted molar refractivity (Wildman–Crippen MR) is 102 cm³/mol. The zero-order chi connectivity index (χ0) is 21.8. The Morgan fingerprint density at radius 3 is 2.53 bits per heavy atom. The van der Waals surface area contributed by atoms with Gasteiger partial charge in [0.1, 0.15) is 29.0 Å². The first kappa shape index (κ1) is 21.0. The summed E-state index contributed by atoms with van der Waals surface area (Å²) in [6.07, 6.45) is -0.129. The van der Waals surface area contributed by atoms with Gasteiger partial charge in [0.15, 0.2) is 0 Å². The lowest BCUT2D eigenvalue weighted by atomic mass is 10.0. The van der Waals surface area contributed by atoms with E-state index >= 15 is 0 Å². The molecule has 1 aromatic heterocycles. The number of fused-ring (bicyclic) bond motifs is 1. The molecule has 0 bridgehead atoms. The Labute approximate surface area is 169 Å². The van der Waals surface area contributed by atoms with Crippen molar-refractivity contribution in [2.24, 2.45) is 0 Å². The number of amides is 1. The number of hydrogen-bond donors (Lipinski definition) is 1. The van der Waals surface area contributed by atoms with Crippen molar-refractivity contribution in [3.63, 3.8) is 0 Å². The number of carbonyl (C=O) groups is 2. The van der Waals surface area contributed by atoms with Gasteiger partial charge in [0, 0.05) is 30.0 Å². The van der Waals surface area contributed by atoms with Crippen LogP contribution in [0.3, 0.4) is 0 Å². The summed E-state index contributed by atoms with van der Waals surface area (Å²) in [6.45, 7) is 0. The van der Waals surface area contributed by atoms with Gasteiger partial charge in [0.2, 0.25) is 0 Å². The van der Waals surface area contributed by atoms with Crippen LogP contribution >= 0.6 is 0 Å². The lowest BCUT2D eigenvalue weighted by molar-refractivity contribution is -0.142. The third kappa shape index (κ3) is 4.45. The lowest BCUT2D eigenvalue weighted by Crippen LogP contribution is -2.43. The Morgan fingerprint density at radius 2 is 1.87 bits per heavy atom. The number of rotatable bonds is 6. The second kappa shape index (κ2) is 8.73. The summed E-state index contributed by atoms with van der Waals surface area (Å²) in [5.74, 6) is -3.19. The molecule has 2 aromatic carbocycles. The summed E-state index contributed by atoms with van der Waals surface area (Å²) in [7, 11) is 2.59. The van der Waals surface area contributed by atoms with E-state index < -0.39 is 40.7 Å². The number of ether oxygens (including phenoxy) is 2. The minimum atomic E-state index is -1.24. The summed E-state index contributed by atoms with van der Waals surface area (Å²) in [5.41, 5.74) is -0.465. The van der Waals surface area contributed by atoms with Crippen LogP contribution in [-0.2, 0) is 16.0 Å². The number of hydrogen-bond acceptors (Lipinski definition) is 6. The van der Waals surface area contributed by atoms with Gasteiger partial charge in [-0.1, -0.05) is 0 Å². The van der Waals surface area contributed by atoms with E-state index in [4.69, 9.17) is 13.9 Å². The topological polar surface area (TPSA) is 94.8 Å². The molecule has 1 atom stereocenters. The van der Waals surface area contributed by atoms with Crippen LogP contribution in [-0.4, -0.2) is 32.1 Å². The summed E-state index contributed by atoms with van der Waals surface area (Å²) in [6, 6.07) is 7.20. The van der Waals surface area contributed by atoms with Gasteiger partial charge in [-0.25, -0.2) is 18.4 Å². The molecule has 1 N–H and O–H groups in total. The molecule has 0 saturated carbocycles. The second-order valence-electron chi connectivity index (χ2n) is 6.33. The molecule has 0 aliphatic heterocycles. The molecule has 156 valence electrons. The van der Waals surface area contributed by atoms with Crippen molar-refractivity contribution in [2.45, 2.75) is 12.5 Å². The number of benzene rings is 2. The molecule has 0 unspecified atom stereocenters. The van der Waals surface area contributed by atoms with E-state index in [-0.39, 0.29) is 12.0 Å². The molecular formula is C21H17F2NO6. The normalized spacial score (nSPS) is 11.7. The molecule has 1 heterocycles. The highest BCUT2D eigenvalue weighted by atomic mass is 19.1. The summed E-state index contributed by atoms with van der Waals surface area (Å²) in [5, 5.41) is 2.89. The molecular weight excluding hydrogens is 400 g/mol. The average molecular weight is 417 g/mol. The quantitative estimate of drug-likeness (QED) is 0.489. The fraction of sp³-hybridized carbons (Fsp3) is 0.190. The van der Waals surface area contributed by atoms with Gasteiger partial charge >= 0.3 is 11.6 Å². The van der Waals surface area contributed by atoms with Gasteiger partial charge < -0.3 is 19.2 Å². The first-order chi connectivity index (χ1) is 14.3. The van der Waals surface area contributed by atoms with Crippen molar-refractivity contribution in [1.82, 2.24) is 5.32 Å². The predicted octanol–water partition coefficient (Wildman–Crippen LogP) is 2.59. The van der Waals surface area contributed by atoms with Crippen molar-refractivity contribution in [2.75, 3.05) is 14.2 Å². The van der Waals surface area contributed by atoms with Crippen LogP contribution in [0.5, 0.6) is 5.75 Å². The Kier molecular flexibility index (Phi) is 6.10. The maximum atomic E-state index is 13.9. The monoisotopic (exact) mass is 417 g/mol. The lowest BCUT2D eigenvalue weighted by Gasteiger charge is -2.17. The Hall–Kier alpha value is -3.75. The van der Waals surface area contributed by atoms with Crippen LogP contribution in [0.2, 0.25) is 0 Å². The number of carbonyl (C=O) groups excluding carboxylic acids is 2. The maximum absolute atomic E-state index is 13.9. The zero-order valence-corrected chi connectivity index (χ0v) is 16.0. The van der Waals surface area contributed by atoms with Crippen molar-refractivity contribution in [3.05, 3.63) is 75.6 Å². The van der Waals surface area contributed by atoms with E-state index in [1.807, 2.05) is 0 Å². The minimum absolute atomic E-state index is 0.129. The fourth-order valence-electron chi connectivity index (χ4n) is 2.97. The standard InChI is InChI=1S/C21H17F2NO6/c1-28-13-4-6-14-11(8-19(25)30-18(14)10-13)7-17(21(27)29-2)24-20(26)15-5-3-12(22)9-16(15)23/h3-6,8-10,17H,7H2,1-2H3,(H,24,26)/t17-/m0/s1. The van der Waals surface area contributed by atoms with Crippen LogP contribution < -0.4 is 15.7 Å². The van der Waals surface area contributed by atoms with Gasteiger partial charge in [-0.3, -0.25) is 4.79 Å². The molecule has 30 heavy (non-hydrogen) atoms. The van der Waals surface area contributed by atoms with E-state index in [2.05, 4.69) is 5.32 Å². The largest absolute Gasteiger partial charge is 0.497 e. The van der Waals surface area contributed by atoms with Crippen LogP contribution in [0.4, 0.5) is 8.78 Å².